The van der Waals surface area contributed by atoms with E-state index in [1.807, 2.05) is 22.8 Å². The molecule has 1 aromatic carbocycles. The first-order chi connectivity index (χ1) is 9.42. The van der Waals surface area contributed by atoms with Gasteiger partial charge in [0.1, 0.15) is 11.3 Å². The van der Waals surface area contributed by atoms with Crippen molar-refractivity contribution in [2.75, 3.05) is 19.9 Å². The van der Waals surface area contributed by atoms with Crippen molar-refractivity contribution in [3.8, 4) is 5.75 Å². The first-order valence-corrected chi connectivity index (χ1v) is 8.42. The van der Waals surface area contributed by atoms with E-state index < -0.39 is 10.0 Å². The van der Waals surface area contributed by atoms with Crippen molar-refractivity contribution in [2.24, 2.45) is 0 Å². The molecule has 0 amide bonds. The minimum absolute atomic E-state index is 0.386. The maximum Gasteiger partial charge on any atom is 0.208 e. The molecule has 0 fully saturated rings. The summed E-state index contributed by atoms with van der Waals surface area (Å²) >= 11 is 5.30. The molecule has 0 saturated heterocycles. The van der Waals surface area contributed by atoms with Crippen molar-refractivity contribution in [1.29, 1.82) is 0 Å². The number of hydrogen-bond acceptors (Lipinski definition) is 4. The summed E-state index contributed by atoms with van der Waals surface area (Å²) in [6, 6.07) is 5.71. The third kappa shape index (κ3) is 3.38. The minimum atomic E-state index is -3.14. The number of rotatable bonds is 6. The molecule has 0 aliphatic rings. The Labute approximate surface area is 122 Å². The van der Waals surface area contributed by atoms with Crippen LogP contribution in [0.25, 0.3) is 11.0 Å². The number of methoxy groups -OCH3 is 1. The Morgan fingerprint density at radius 1 is 1.45 bits per heavy atom. The van der Waals surface area contributed by atoms with E-state index in [0.29, 0.717) is 24.3 Å². The molecule has 0 atom stereocenters. The molecular formula is C12H17N3O3S2. The molecule has 0 unspecified atom stereocenters. The molecule has 6 nitrogen and oxygen atoms in total. The van der Waals surface area contributed by atoms with Gasteiger partial charge in [0.05, 0.1) is 18.9 Å². The fourth-order valence-electron chi connectivity index (χ4n) is 2.04. The Morgan fingerprint density at radius 2 is 2.20 bits per heavy atom. The summed E-state index contributed by atoms with van der Waals surface area (Å²) in [5.74, 6) is 0.738. The number of aromatic nitrogens is 2. The van der Waals surface area contributed by atoms with Crippen LogP contribution in [0.2, 0.25) is 0 Å². The molecule has 0 spiro atoms. The number of imidazole rings is 1. The van der Waals surface area contributed by atoms with Crippen molar-refractivity contribution in [1.82, 2.24) is 14.3 Å². The molecule has 2 N–H and O–H groups in total. The zero-order chi connectivity index (χ0) is 14.8. The minimum Gasteiger partial charge on any atom is -0.494 e. The van der Waals surface area contributed by atoms with Gasteiger partial charge in [-0.15, -0.1) is 0 Å². The molecular weight excluding hydrogens is 298 g/mol. The SMILES string of the molecule is COc1cccc2c1[nH]c(=S)n2CCCNS(C)(=O)=O. The summed E-state index contributed by atoms with van der Waals surface area (Å²) in [6.07, 6.45) is 1.81. The molecule has 20 heavy (non-hydrogen) atoms. The Bertz CT molecular complexity index is 762. The van der Waals surface area contributed by atoms with Gasteiger partial charge < -0.3 is 14.3 Å². The van der Waals surface area contributed by atoms with Crippen molar-refractivity contribution in [2.45, 2.75) is 13.0 Å². The summed E-state index contributed by atoms with van der Waals surface area (Å²) in [5, 5.41) is 0. The molecule has 8 heteroatoms. The average Bonchev–Trinajstić information content (AvgIpc) is 2.69. The predicted molar refractivity (Wildman–Crippen MR) is 81.1 cm³/mol. The molecule has 0 aliphatic carbocycles. The standard InChI is InChI=1S/C12H17N3O3S2/c1-18-10-6-3-5-9-11(10)14-12(19)15(9)8-4-7-13-20(2,16)17/h3,5-6,13H,4,7-8H2,1-2H3,(H,14,19). The highest BCUT2D eigenvalue weighted by Gasteiger charge is 2.08. The maximum absolute atomic E-state index is 11.0. The lowest BCUT2D eigenvalue weighted by Crippen LogP contribution is -2.23. The maximum atomic E-state index is 11.0. The van der Waals surface area contributed by atoms with Crippen molar-refractivity contribution in [3.05, 3.63) is 23.0 Å². The second-order valence-corrected chi connectivity index (χ2v) is 6.68. The zero-order valence-electron chi connectivity index (χ0n) is 11.3. The van der Waals surface area contributed by atoms with Crippen molar-refractivity contribution >= 4 is 33.3 Å². The quantitative estimate of drug-likeness (QED) is 0.628. The first kappa shape index (κ1) is 15.0. The largest absolute Gasteiger partial charge is 0.494 e. The van der Waals surface area contributed by atoms with E-state index in [0.717, 1.165) is 23.0 Å². The van der Waals surface area contributed by atoms with Gasteiger partial charge in [-0.25, -0.2) is 13.1 Å². The highest BCUT2D eigenvalue weighted by molar-refractivity contribution is 7.88. The molecule has 2 rings (SSSR count). The lowest BCUT2D eigenvalue weighted by Gasteiger charge is -2.06. The third-order valence-electron chi connectivity index (χ3n) is 2.91. The summed E-state index contributed by atoms with van der Waals surface area (Å²) in [6.45, 7) is 1.02. The van der Waals surface area contributed by atoms with Crippen LogP contribution in [0.15, 0.2) is 18.2 Å². The molecule has 110 valence electrons. The van der Waals surface area contributed by atoms with Gasteiger partial charge in [-0.2, -0.15) is 0 Å². The highest BCUT2D eigenvalue weighted by Crippen LogP contribution is 2.24. The van der Waals surface area contributed by atoms with Crippen molar-refractivity contribution < 1.29 is 13.2 Å². The number of H-pyrrole nitrogens is 1. The van der Waals surface area contributed by atoms with E-state index in [1.54, 1.807) is 7.11 Å². The number of hydrogen-bond donors (Lipinski definition) is 2. The Kier molecular flexibility index (Phi) is 4.46. The average molecular weight is 315 g/mol. The Morgan fingerprint density at radius 3 is 2.85 bits per heavy atom. The second kappa shape index (κ2) is 5.94. The number of nitrogens with zero attached hydrogens (tertiary/aromatic N) is 1. The number of sulfonamides is 1. The van der Waals surface area contributed by atoms with E-state index in [-0.39, 0.29) is 0 Å². The summed E-state index contributed by atoms with van der Waals surface area (Å²) in [5.41, 5.74) is 1.81. The fraction of sp³-hybridized carbons (Fsp3) is 0.417. The van der Waals surface area contributed by atoms with Gasteiger partial charge >= 0.3 is 0 Å². The Hall–Kier alpha value is -1.38. The Balaban J connectivity index is 2.18. The summed E-state index contributed by atoms with van der Waals surface area (Å²) in [7, 11) is -1.53. The molecule has 1 aromatic heterocycles. The smallest absolute Gasteiger partial charge is 0.208 e. The van der Waals surface area contributed by atoms with Gasteiger partial charge in [-0.05, 0) is 30.8 Å². The summed E-state index contributed by atoms with van der Waals surface area (Å²) in [4.78, 5) is 3.12. The molecule has 0 saturated carbocycles. The molecule has 0 bridgehead atoms. The lowest BCUT2D eigenvalue weighted by atomic mass is 10.3. The van der Waals surface area contributed by atoms with E-state index >= 15 is 0 Å². The number of nitrogens with one attached hydrogen (secondary N) is 2. The van der Waals surface area contributed by atoms with Crippen LogP contribution < -0.4 is 9.46 Å². The van der Waals surface area contributed by atoms with Crippen LogP contribution in [0.3, 0.4) is 0 Å². The van der Waals surface area contributed by atoms with Gasteiger partial charge in [0.15, 0.2) is 4.77 Å². The van der Waals surface area contributed by atoms with Crippen LogP contribution in [0, 0.1) is 4.77 Å². The number of aromatic amines is 1. The van der Waals surface area contributed by atoms with E-state index in [2.05, 4.69) is 9.71 Å². The number of aryl methyl sites for hydroxylation is 1. The van der Waals surface area contributed by atoms with Gasteiger partial charge in [-0.1, -0.05) is 6.07 Å². The van der Waals surface area contributed by atoms with E-state index in [9.17, 15) is 8.42 Å². The summed E-state index contributed by atoms with van der Waals surface area (Å²) < 4.78 is 32.3. The van der Waals surface area contributed by atoms with Crippen LogP contribution in [-0.2, 0) is 16.6 Å². The van der Waals surface area contributed by atoms with Crippen molar-refractivity contribution in [3.63, 3.8) is 0 Å². The van der Waals surface area contributed by atoms with E-state index in [4.69, 9.17) is 17.0 Å². The number of benzene rings is 1. The molecule has 0 aliphatic heterocycles. The number of ether oxygens (including phenoxy) is 1. The highest BCUT2D eigenvalue weighted by atomic mass is 32.2. The van der Waals surface area contributed by atoms with E-state index in [1.165, 1.54) is 0 Å². The van der Waals surface area contributed by atoms with Crippen LogP contribution in [-0.4, -0.2) is 37.9 Å². The van der Waals surface area contributed by atoms with Gasteiger partial charge in [0.25, 0.3) is 0 Å². The second-order valence-electron chi connectivity index (χ2n) is 4.46. The lowest BCUT2D eigenvalue weighted by molar-refractivity contribution is 0.419. The monoisotopic (exact) mass is 315 g/mol. The number of para-hydroxylation sites is 1. The molecule has 2 aromatic rings. The van der Waals surface area contributed by atoms with Gasteiger partial charge in [0.2, 0.25) is 10.0 Å². The normalized spacial score (nSPS) is 11.9. The zero-order valence-corrected chi connectivity index (χ0v) is 13.0. The van der Waals surface area contributed by atoms with Gasteiger partial charge in [-0.3, -0.25) is 0 Å². The molecule has 1 heterocycles. The van der Waals surface area contributed by atoms with Crippen LogP contribution in [0.1, 0.15) is 6.42 Å². The number of fused-ring (bicyclic) bond motifs is 1. The van der Waals surface area contributed by atoms with Gasteiger partial charge in [0, 0.05) is 13.1 Å². The fourth-order valence-corrected chi connectivity index (χ4v) is 2.85. The van der Waals surface area contributed by atoms with Crippen LogP contribution in [0.4, 0.5) is 0 Å². The third-order valence-corrected chi connectivity index (χ3v) is 3.97. The predicted octanol–water partition coefficient (Wildman–Crippen LogP) is 1.65. The first-order valence-electron chi connectivity index (χ1n) is 6.12. The topological polar surface area (TPSA) is 76.1 Å². The van der Waals surface area contributed by atoms with Crippen LogP contribution in [0.5, 0.6) is 5.75 Å². The molecule has 0 radical (unpaired) electrons. The van der Waals surface area contributed by atoms with Crippen LogP contribution >= 0.6 is 12.2 Å².